The Morgan fingerprint density at radius 3 is 2.93 bits per heavy atom. The van der Waals surface area contributed by atoms with Crippen molar-refractivity contribution in [1.82, 2.24) is 14.6 Å². The molecule has 0 saturated heterocycles. The summed E-state index contributed by atoms with van der Waals surface area (Å²) in [6, 6.07) is 0. The van der Waals surface area contributed by atoms with Crippen LogP contribution >= 0.6 is 0 Å². The number of primary sulfonamides is 1. The summed E-state index contributed by atoms with van der Waals surface area (Å²) in [6.45, 7) is 0. The Bertz CT molecular complexity index is 560. The monoisotopic (exact) mass is 212 g/mol. The van der Waals surface area contributed by atoms with Crippen LogP contribution in [0.4, 0.5) is 0 Å². The van der Waals surface area contributed by atoms with Gasteiger partial charge in [-0.15, -0.1) is 0 Å². The molecule has 0 aliphatic rings. The Labute approximate surface area is 80.4 Å². The third-order valence-electron chi connectivity index (χ3n) is 1.76. The summed E-state index contributed by atoms with van der Waals surface area (Å²) in [6.07, 6.45) is 6.23. The molecule has 74 valence electrons. The smallest absolute Gasteiger partial charge is 0.213 e. The topological polar surface area (TPSA) is 90.4 Å². The Morgan fingerprint density at radius 1 is 1.43 bits per heavy atom. The zero-order valence-corrected chi connectivity index (χ0v) is 7.98. The summed E-state index contributed by atoms with van der Waals surface area (Å²) in [4.78, 5) is 3.88. The zero-order chi connectivity index (χ0) is 10.2. The van der Waals surface area contributed by atoms with Crippen LogP contribution in [0.25, 0.3) is 5.52 Å². The molecule has 0 unspecified atom stereocenters. The van der Waals surface area contributed by atoms with Gasteiger partial charge in [0.2, 0.25) is 10.0 Å². The summed E-state index contributed by atoms with van der Waals surface area (Å²) < 4.78 is 23.3. The average molecular weight is 212 g/mol. The first-order valence-corrected chi connectivity index (χ1v) is 5.54. The molecule has 7 heteroatoms. The van der Waals surface area contributed by atoms with Crippen molar-refractivity contribution in [3.63, 3.8) is 0 Å². The summed E-state index contributed by atoms with van der Waals surface area (Å²) >= 11 is 0. The first kappa shape index (κ1) is 9.10. The maximum Gasteiger partial charge on any atom is 0.213 e. The van der Waals surface area contributed by atoms with E-state index in [2.05, 4.69) is 10.1 Å². The normalized spacial score (nSPS) is 12.1. The molecule has 2 heterocycles. The first-order chi connectivity index (χ1) is 6.56. The van der Waals surface area contributed by atoms with Gasteiger partial charge in [0.25, 0.3) is 0 Å². The van der Waals surface area contributed by atoms with Crippen molar-refractivity contribution < 1.29 is 8.42 Å². The van der Waals surface area contributed by atoms with Crippen molar-refractivity contribution in [1.29, 1.82) is 0 Å². The van der Waals surface area contributed by atoms with E-state index in [1.807, 2.05) is 0 Å². The highest BCUT2D eigenvalue weighted by Gasteiger charge is 2.10. The van der Waals surface area contributed by atoms with E-state index in [1.165, 1.54) is 6.20 Å². The Balaban J connectivity index is 2.54. The molecule has 0 aliphatic heterocycles. The van der Waals surface area contributed by atoms with Gasteiger partial charge in [0.05, 0.1) is 23.7 Å². The lowest BCUT2D eigenvalue weighted by Crippen LogP contribution is -2.14. The minimum atomic E-state index is -3.52. The van der Waals surface area contributed by atoms with Crippen LogP contribution in [0.3, 0.4) is 0 Å². The molecule has 0 aromatic carbocycles. The molecule has 0 saturated carbocycles. The van der Waals surface area contributed by atoms with Gasteiger partial charge in [-0.1, -0.05) is 0 Å². The number of aromatic nitrogens is 3. The number of nitrogens with zero attached hydrogens (tertiary/aromatic N) is 3. The van der Waals surface area contributed by atoms with Gasteiger partial charge in [-0.2, -0.15) is 5.10 Å². The number of sulfonamides is 1. The maximum absolute atomic E-state index is 10.9. The fraction of sp³-hybridized carbons (Fsp3) is 0.143. The standard InChI is InChI=1S/C7H8N4O2S/c8-14(12,13)5-6-3-10-11-2-1-9-4-7(6)11/h1-4H,5H2,(H2,8,12,13). The van der Waals surface area contributed by atoms with E-state index in [1.54, 1.807) is 23.1 Å². The highest BCUT2D eigenvalue weighted by Crippen LogP contribution is 2.10. The predicted molar refractivity (Wildman–Crippen MR) is 49.8 cm³/mol. The maximum atomic E-state index is 10.9. The van der Waals surface area contributed by atoms with Gasteiger partial charge in [0.1, 0.15) is 0 Å². The van der Waals surface area contributed by atoms with Crippen LogP contribution in [-0.4, -0.2) is 23.0 Å². The SMILES string of the molecule is NS(=O)(=O)Cc1cnn2ccncc12. The summed E-state index contributed by atoms with van der Waals surface area (Å²) in [5.74, 6) is -0.220. The third-order valence-corrected chi connectivity index (χ3v) is 2.47. The van der Waals surface area contributed by atoms with Crippen LogP contribution in [-0.2, 0) is 15.8 Å². The van der Waals surface area contributed by atoms with Gasteiger partial charge in [0, 0.05) is 18.0 Å². The molecule has 2 aromatic rings. The second kappa shape index (κ2) is 3.03. The lowest BCUT2D eigenvalue weighted by Gasteiger charge is -1.95. The second-order valence-electron chi connectivity index (χ2n) is 2.88. The van der Waals surface area contributed by atoms with Gasteiger partial charge < -0.3 is 0 Å². The molecule has 14 heavy (non-hydrogen) atoms. The molecule has 2 rings (SSSR count). The second-order valence-corrected chi connectivity index (χ2v) is 4.50. The molecule has 6 nitrogen and oxygen atoms in total. The van der Waals surface area contributed by atoms with Gasteiger partial charge in [-0.05, 0) is 0 Å². The highest BCUT2D eigenvalue weighted by molar-refractivity contribution is 7.88. The molecular weight excluding hydrogens is 204 g/mol. The number of rotatable bonds is 2. The largest absolute Gasteiger partial charge is 0.261 e. The van der Waals surface area contributed by atoms with Crippen LogP contribution < -0.4 is 5.14 Å². The van der Waals surface area contributed by atoms with Crippen LogP contribution in [0.2, 0.25) is 0 Å². The quantitative estimate of drug-likeness (QED) is 0.727. The zero-order valence-electron chi connectivity index (χ0n) is 7.16. The molecule has 0 atom stereocenters. The van der Waals surface area contributed by atoms with Gasteiger partial charge >= 0.3 is 0 Å². The fourth-order valence-corrected chi connectivity index (χ4v) is 1.87. The van der Waals surface area contributed by atoms with E-state index in [4.69, 9.17) is 5.14 Å². The van der Waals surface area contributed by atoms with Crippen LogP contribution in [0.5, 0.6) is 0 Å². The molecule has 2 aromatic heterocycles. The van der Waals surface area contributed by atoms with Crippen molar-refractivity contribution in [2.45, 2.75) is 5.75 Å². The van der Waals surface area contributed by atoms with Gasteiger partial charge in [-0.3, -0.25) is 4.98 Å². The minimum Gasteiger partial charge on any atom is -0.261 e. The highest BCUT2D eigenvalue weighted by atomic mass is 32.2. The minimum absolute atomic E-state index is 0.220. The lowest BCUT2D eigenvalue weighted by atomic mass is 10.3. The van der Waals surface area contributed by atoms with E-state index in [-0.39, 0.29) is 5.75 Å². The molecular formula is C7H8N4O2S. The first-order valence-electron chi connectivity index (χ1n) is 3.83. The predicted octanol–water partition coefficient (Wildman–Crippen LogP) is -0.482. The molecule has 0 fully saturated rings. The molecule has 0 radical (unpaired) electrons. The molecule has 0 bridgehead atoms. The van der Waals surface area contributed by atoms with Crippen LogP contribution in [0.1, 0.15) is 5.56 Å². The van der Waals surface area contributed by atoms with Crippen LogP contribution in [0, 0.1) is 0 Å². The van der Waals surface area contributed by atoms with E-state index in [0.717, 1.165) is 0 Å². The molecule has 0 spiro atoms. The summed E-state index contributed by atoms with van der Waals surface area (Å²) in [5.41, 5.74) is 1.21. The number of fused-ring (bicyclic) bond motifs is 1. The summed E-state index contributed by atoms with van der Waals surface area (Å²) in [5, 5.41) is 8.89. The average Bonchev–Trinajstić information content (AvgIpc) is 2.47. The van der Waals surface area contributed by atoms with E-state index in [0.29, 0.717) is 11.1 Å². The van der Waals surface area contributed by atoms with Crippen molar-refractivity contribution in [2.24, 2.45) is 5.14 Å². The summed E-state index contributed by atoms with van der Waals surface area (Å²) in [7, 11) is -3.52. The van der Waals surface area contributed by atoms with Crippen molar-refractivity contribution in [3.05, 3.63) is 30.4 Å². The number of hydrogen-bond donors (Lipinski definition) is 1. The van der Waals surface area contributed by atoms with Gasteiger partial charge in [0.15, 0.2) is 0 Å². The van der Waals surface area contributed by atoms with Crippen molar-refractivity contribution in [3.8, 4) is 0 Å². The van der Waals surface area contributed by atoms with Crippen molar-refractivity contribution in [2.75, 3.05) is 0 Å². The Morgan fingerprint density at radius 2 is 2.21 bits per heavy atom. The number of nitrogens with two attached hydrogens (primary N) is 1. The van der Waals surface area contributed by atoms with Gasteiger partial charge in [-0.25, -0.2) is 18.1 Å². The third kappa shape index (κ3) is 1.73. The molecule has 2 N–H and O–H groups in total. The van der Waals surface area contributed by atoms with E-state index in [9.17, 15) is 8.42 Å². The molecule has 0 amide bonds. The fourth-order valence-electron chi connectivity index (χ4n) is 1.21. The number of hydrogen-bond acceptors (Lipinski definition) is 4. The molecule has 0 aliphatic carbocycles. The Hall–Kier alpha value is -1.47. The lowest BCUT2D eigenvalue weighted by molar-refractivity contribution is 0.597. The Kier molecular flexibility index (Phi) is 1.97. The van der Waals surface area contributed by atoms with Crippen molar-refractivity contribution >= 4 is 15.5 Å². The van der Waals surface area contributed by atoms with E-state index < -0.39 is 10.0 Å². The van der Waals surface area contributed by atoms with Crippen LogP contribution in [0.15, 0.2) is 24.8 Å². The van der Waals surface area contributed by atoms with E-state index >= 15 is 0 Å².